The van der Waals surface area contributed by atoms with Gasteiger partial charge < -0.3 is 0 Å². The number of carbonyl (C=O) groups is 1. The summed E-state index contributed by atoms with van der Waals surface area (Å²) in [4.78, 5) is 14.9. The molecule has 3 aromatic rings. The van der Waals surface area contributed by atoms with Crippen LogP contribution in [0.25, 0.3) is 17.1 Å². The Kier molecular flexibility index (Phi) is 4.13. The van der Waals surface area contributed by atoms with Crippen LogP contribution in [0.1, 0.15) is 11.1 Å². The van der Waals surface area contributed by atoms with Crippen LogP contribution in [-0.2, 0) is 11.3 Å². The molecule has 0 unspecified atom stereocenters. The first-order valence-electron chi connectivity index (χ1n) is 7.22. The first-order chi connectivity index (χ1) is 11.7. The summed E-state index contributed by atoms with van der Waals surface area (Å²) in [5, 5.41) is 0. The minimum atomic E-state index is -0.0506. The molecule has 1 saturated heterocycles. The Morgan fingerprint density at radius 2 is 1.88 bits per heavy atom. The van der Waals surface area contributed by atoms with Crippen LogP contribution in [-0.4, -0.2) is 23.9 Å². The topological polar surface area (TPSA) is 46.1 Å². The van der Waals surface area contributed by atoms with E-state index in [1.54, 1.807) is 4.90 Å². The quantitative estimate of drug-likeness (QED) is 0.514. The van der Waals surface area contributed by atoms with Gasteiger partial charge in [-0.15, -0.1) is 0 Å². The summed E-state index contributed by atoms with van der Waals surface area (Å²) in [6.07, 6.45) is 1.86. The second-order valence-electron chi connectivity index (χ2n) is 5.27. The molecule has 2 aromatic carbocycles. The fourth-order valence-corrected chi connectivity index (χ4v) is 4.22. The fraction of sp³-hybridized carbons (Fsp3) is 0.0588. The van der Waals surface area contributed by atoms with Gasteiger partial charge in [-0.05, 0) is 29.3 Å². The van der Waals surface area contributed by atoms with Crippen molar-refractivity contribution in [3.8, 4) is 0 Å². The van der Waals surface area contributed by atoms with Gasteiger partial charge in [0.05, 0.1) is 23.2 Å². The van der Waals surface area contributed by atoms with E-state index in [1.165, 1.54) is 23.5 Å². The molecule has 4 rings (SSSR count). The molecule has 0 aliphatic carbocycles. The van der Waals surface area contributed by atoms with Gasteiger partial charge in [0, 0.05) is 0 Å². The lowest BCUT2D eigenvalue weighted by Crippen LogP contribution is -2.27. The van der Waals surface area contributed by atoms with Crippen LogP contribution in [0.4, 0.5) is 0 Å². The van der Waals surface area contributed by atoms with E-state index < -0.39 is 0 Å². The summed E-state index contributed by atoms with van der Waals surface area (Å²) >= 11 is 7.90. The number of thiocarbonyl (C=S) groups is 1. The number of fused-ring (bicyclic) bond motifs is 1. The SMILES string of the molecule is O=C1/C(=C/c2ccc3nsnc3c2)SC(=S)N1Cc1ccccc1. The Hall–Kier alpha value is -2.09. The molecule has 1 aliphatic heterocycles. The zero-order valence-electron chi connectivity index (χ0n) is 12.4. The first kappa shape index (κ1) is 15.4. The smallest absolute Gasteiger partial charge is 0.266 e. The van der Waals surface area contributed by atoms with E-state index in [4.69, 9.17) is 12.2 Å². The van der Waals surface area contributed by atoms with Crippen LogP contribution < -0.4 is 0 Å². The van der Waals surface area contributed by atoms with Crippen molar-refractivity contribution in [1.82, 2.24) is 13.6 Å². The third-order valence-corrected chi connectivity index (χ3v) is 5.57. The average molecular weight is 369 g/mol. The van der Waals surface area contributed by atoms with Crippen molar-refractivity contribution in [3.63, 3.8) is 0 Å². The van der Waals surface area contributed by atoms with E-state index in [0.717, 1.165) is 22.2 Å². The Balaban J connectivity index is 1.60. The summed E-state index contributed by atoms with van der Waals surface area (Å²) < 4.78 is 9.01. The number of nitrogens with zero attached hydrogens (tertiary/aromatic N) is 3. The molecule has 0 radical (unpaired) electrons. The van der Waals surface area contributed by atoms with Crippen LogP contribution in [0, 0.1) is 0 Å². The molecule has 0 atom stereocenters. The lowest BCUT2D eigenvalue weighted by molar-refractivity contribution is -0.122. The van der Waals surface area contributed by atoms with Gasteiger partial charge >= 0.3 is 0 Å². The predicted molar refractivity (Wildman–Crippen MR) is 103 cm³/mol. The second kappa shape index (κ2) is 6.43. The molecule has 0 bridgehead atoms. The maximum atomic E-state index is 12.7. The number of benzene rings is 2. The highest BCUT2D eigenvalue weighted by Crippen LogP contribution is 2.33. The van der Waals surface area contributed by atoms with Gasteiger partial charge in [-0.2, -0.15) is 8.75 Å². The summed E-state index contributed by atoms with van der Waals surface area (Å²) in [5.41, 5.74) is 3.70. The Labute approximate surface area is 152 Å². The summed E-state index contributed by atoms with van der Waals surface area (Å²) in [5.74, 6) is -0.0506. The summed E-state index contributed by atoms with van der Waals surface area (Å²) in [6.45, 7) is 0.498. The van der Waals surface area contributed by atoms with Crippen LogP contribution in [0.15, 0.2) is 53.4 Å². The van der Waals surface area contributed by atoms with E-state index in [1.807, 2.05) is 54.6 Å². The number of thioether (sulfide) groups is 1. The van der Waals surface area contributed by atoms with Crippen molar-refractivity contribution in [2.75, 3.05) is 0 Å². The molecule has 0 saturated carbocycles. The lowest BCUT2D eigenvalue weighted by atomic mass is 10.2. The molecule has 1 fully saturated rings. The molecule has 0 spiro atoms. The summed E-state index contributed by atoms with van der Waals surface area (Å²) in [7, 11) is 0. The van der Waals surface area contributed by atoms with E-state index in [-0.39, 0.29) is 5.91 Å². The molecule has 1 amide bonds. The molecule has 1 aromatic heterocycles. The molecule has 118 valence electrons. The van der Waals surface area contributed by atoms with Crippen molar-refractivity contribution in [3.05, 3.63) is 64.6 Å². The van der Waals surface area contributed by atoms with E-state index >= 15 is 0 Å². The molecule has 24 heavy (non-hydrogen) atoms. The maximum Gasteiger partial charge on any atom is 0.266 e. The molecule has 2 heterocycles. The molecular formula is C17H11N3OS3. The molecule has 7 heteroatoms. The maximum absolute atomic E-state index is 12.7. The highest BCUT2D eigenvalue weighted by molar-refractivity contribution is 8.26. The van der Waals surface area contributed by atoms with Crippen LogP contribution >= 0.6 is 35.7 Å². The Morgan fingerprint density at radius 1 is 1.08 bits per heavy atom. The van der Waals surface area contributed by atoms with E-state index in [2.05, 4.69) is 8.75 Å². The van der Waals surface area contributed by atoms with Crippen molar-refractivity contribution in [2.24, 2.45) is 0 Å². The second-order valence-corrected chi connectivity index (χ2v) is 7.47. The standard InChI is InChI=1S/C17H11N3OS3/c21-16-15(9-12-6-7-13-14(8-12)19-24-18-13)23-17(22)20(16)10-11-4-2-1-3-5-11/h1-9H,10H2/b15-9-. The van der Waals surface area contributed by atoms with Gasteiger partial charge in [-0.1, -0.05) is 60.4 Å². The minimum absolute atomic E-state index is 0.0506. The molecule has 0 N–H and O–H groups in total. The van der Waals surface area contributed by atoms with Gasteiger partial charge in [0.2, 0.25) is 0 Å². The van der Waals surface area contributed by atoms with Gasteiger partial charge in [-0.3, -0.25) is 9.69 Å². The van der Waals surface area contributed by atoms with Crippen molar-refractivity contribution in [1.29, 1.82) is 0 Å². The molecule has 4 nitrogen and oxygen atoms in total. The zero-order chi connectivity index (χ0) is 16.5. The third-order valence-electron chi connectivity index (χ3n) is 3.63. The third kappa shape index (κ3) is 2.98. The average Bonchev–Trinajstić information content (AvgIpc) is 3.16. The number of rotatable bonds is 3. The largest absolute Gasteiger partial charge is 0.288 e. The number of hydrogen-bond acceptors (Lipinski definition) is 6. The zero-order valence-corrected chi connectivity index (χ0v) is 14.8. The highest BCUT2D eigenvalue weighted by atomic mass is 32.2. The van der Waals surface area contributed by atoms with Crippen molar-refractivity contribution >= 4 is 63.0 Å². The van der Waals surface area contributed by atoms with E-state index in [0.29, 0.717) is 15.8 Å². The monoisotopic (exact) mass is 369 g/mol. The van der Waals surface area contributed by atoms with Gasteiger partial charge in [0.25, 0.3) is 5.91 Å². The number of amides is 1. The summed E-state index contributed by atoms with van der Waals surface area (Å²) in [6, 6.07) is 15.6. The van der Waals surface area contributed by atoms with Crippen molar-refractivity contribution in [2.45, 2.75) is 6.54 Å². The lowest BCUT2D eigenvalue weighted by Gasteiger charge is -2.14. The Morgan fingerprint density at radius 3 is 2.71 bits per heavy atom. The first-order valence-corrected chi connectivity index (χ1v) is 9.18. The molecular weight excluding hydrogens is 358 g/mol. The van der Waals surface area contributed by atoms with Gasteiger partial charge in [0.1, 0.15) is 15.4 Å². The van der Waals surface area contributed by atoms with Crippen LogP contribution in [0.5, 0.6) is 0 Å². The highest BCUT2D eigenvalue weighted by Gasteiger charge is 2.31. The number of hydrogen-bond donors (Lipinski definition) is 0. The number of carbonyl (C=O) groups excluding carboxylic acids is 1. The van der Waals surface area contributed by atoms with E-state index in [9.17, 15) is 4.79 Å². The number of aromatic nitrogens is 2. The fourth-order valence-electron chi connectivity index (χ4n) is 2.44. The van der Waals surface area contributed by atoms with Crippen molar-refractivity contribution < 1.29 is 4.79 Å². The van der Waals surface area contributed by atoms with Gasteiger partial charge in [0.15, 0.2) is 0 Å². The normalized spacial score (nSPS) is 16.5. The molecule has 1 aliphatic rings. The van der Waals surface area contributed by atoms with Crippen LogP contribution in [0.3, 0.4) is 0 Å². The van der Waals surface area contributed by atoms with Gasteiger partial charge in [-0.25, -0.2) is 0 Å². The Bertz CT molecular complexity index is 965. The van der Waals surface area contributed by atoms with Crippen LogP contribution in [0.2, 0.25) is 0 Å². The minimum Gasteiger partial charge on any atom is -0.288 e. The predicted octanol–water partition coefficient (Wildman–Crippen LogP) is 4.09.